The van der Waals surface area contributed by atoms with Crippen LogP contribution in [-0.4, -0.2) is 187 Å². The summed E-state index contributed by atoms with van der Waals surface area (Å²) in [5.41, 5.74) is 13.9. The fraction of sp³-hybridized carbons (Fsp3) is 0.469. The van der Waals surface area contributed by atoms with E-state index in [1.54, 1.807) is 60.9 Å². The molecule has 4 amide bonds. The molecule has 33 heteroatoms. The number of carboxylic acid groups (broad SMARTS) is 1. The Hall–Kier alpha value is -7.92. The Bertz CT molecular complexity index is 3810. The normalized spacial score (nSPS) is 18.1. The lowest BCUT2D eigenvalue weighted by Gasteiger charge is -2.35. The number of nitrogens with two attached hydrogens (primary N) is 2. The second-order valence-corrected chi connectivity index (χ2v) is 27.5. The number of piperidine rings is 4. The van der Waals surface area contributed by atoms with Crippen LogP contribution in [0.3, 0.4) is 0 Å². The average molecular weight is 1420 g/mol. The highest BCUT2D eigenvalue weighted by Gasteiger charge is 2.48. The van der Waals surface area contributed by atoms with Crippen LogP contribution in [-0.2, 0) is 29.6 Å². The second kappa shape index (κ2) is 32.6. The lowest BCUT2D eigenvalue weighted by Crippen LogP contribution is -2.58. The molecule has 1 spiro atoms. The molecule has 0 aromatic heterocycles. The van der Waals surface area contributed by atoms with E-state index in [1.807, 2.05) is 13.8 Å². The van der Waals surface area contributed by atoms with Crippen molar-refractivity contribution >= 4 is 67.6 Å². The number of amidine groups is 1. The van der Waals surface area contributed by atoms with Crippen LogP contribution in [0, 0.1) is 51.2 Å². The van der Waals surface area contributed by atoms with Crippen LogP contribution in [0.4, 0.5) is 35.1 Å². The van der Waals surface area contributed by atoms with Crippen LogP contribution >= 0.6 is 0 Å². The van der Waals surface area contributed by atoms with Gasteiger partial charge in [0.2, 0.25) is 26.0 Å². The SMILES string of the molecule is CCO.Cc1cc(C(=O)N2CCC(CO)CC2)cc(C)c1/C=C/S(=O)(=O)N1CCC(N)(C(N)=O)CC1.Cc1cc(C(=O)N2CCC(CO)CC2)cc(C)c1/C=C/S(=O)(=O)N1CCC2(CC1)N=C(c1ccc(F)c(OC(F)(F)F)c1)NC2=O.O=C(O)c1ccc(F)c(OC(F)(F)F)c1. The zero-order chi connectivity index (χ0) is 72.2. The molecule has 0 radical (unpaired) electrons. The summed E-state index contributed by atoms with van der Waals surface area (Å²) < 4.78 is 161. The molecule has 5 aliphatic heterocycles. The number of halogens is 8. The molecule has 9 N–H and O–H groups in total. The zero-order valence-corrected chi connectivity index (χ0v) is 55.3. The third kappa shape index (κ3) is 20.8. The predicted octanol–water partition coefficient (Wildman–Crippen LogP) is 7.05. The third-order valence-corrected chi connectivity index (χ3v) is 20.1. The number of carbonyl (C=O) groups is 5. The minimum absolute atomic E-state index is 0.00795. The summed E-state index contributed by atoms with van der Waals surface area (Å²) in [4.78, 5) is 68.8. The Labute approximate surface area is 555 Å². The van der Waals surface area contributed by atoms with E-state index in [9.17, 15) is 86.1 Å². The number of aliphatic hydroxyl groups is 3. The van der Waals surface area contributed by atoms with Crippen LogP contribution in [0.1, 0.15) is 128 Å². The molecule has 0 atom stereocenters. The number of aliphatic imine (C=N–C) groups is 1. The number of primary amides is 1. The van der Waals surface area contributed by atoms with Crippen molar-refractivity contribution in [3.05, 3.63) is 139 Å². The first-order valence-electron chi connectivity index (χ1n) is 30.6. The van der Waals surface area contributed by atoms with Crippen molar-refractivity contribution in [1.29, 1.82) is 0 Å². The topological polar surface area (TPSA) is 342 Å². The first-order valence-corrected chi connectivity index (χ1v) is 33.6. The monoisotopic (exact) mass is 1410 g/mol. The van der Waals surface area contributed by atoms with Gasteiger partial charge in [-0.15, -0.1) is 26.3 Å². The number of hydrogen-bond donors (Lipinski definition) is 7. The van der Waals surface area contributed by atoms with Crippen LogP contribution in [0.15, 0.2) is 76.5 Å². The first-order chi connectivity index (χ1) is 45.3. The van der Waals surface area contributed by atoms with Crippen LogP contribution in [0.2, 0.25) is 0 Å². The number of amides is 4. The second-order valence-electron chi connectivity index (χ2n) is 23.9. The van der Waals surface area contributed by atoms with Gasteiger partial charge in [0.1, 0.15) is 11.4 Å². The van der Waals surface area contributed by atoms with Gasteiger partial charge in [-0.05, 0) is 204 Å². The zero-order valence-electron chi connectivity index (χ0n) is 53.7. The van der Waals surface area contributed by atoms with Gasteiger partial charge < -0.3 is 56.5 Å². The van der Waals surface area contributed by atoms with Gasteiger partial charge in [-0.25, -0.2) is 30.4 Å². The lowest BCUT2D eigenvalue weighted by molar-refractivity contribution is -0.276. The van der Waals surface area contributed by atoms with Gasteiger partial charge in [0.15, 0.2) is 23.1 Å². The van der Waals surface area contributed by atoms with E-state index in [0.717, 1.165) is 88.6 Å². The van der Waals surface area contributed by atoms with E-state index in [2.05, 4.69) is 19.8 Å². The van der Waals surface area contributed by atoms with E-state index in [0.29, 0.717) is 55.0 Å². The minimum atomic E-state index is -5.12. The number of aromatic carboxylic acids is 1. The molecule has 0 aliphatic carbocycles. The highest BCUT2D eigenvalue weighted by Crippen LogP contribution is 2.35. The highest BCUT2D eigenvalue weighted by molar-refractivity contribution is 7.92. The summed E-state index contributed by atoms with van der Waals surface area (Å²) in [5, 5.41) is 39.4. The van der Waals surface area contributed by atoms with E-state index in [4.69, 9.17) is 21.7 Å². The number of benzene rings is 4. The summed E-state index contributed by atoms with van der Waals surface area (Å²) in [6, 6.07) is 11.7. The number of aryl methyl sites for hydroxylation is 4. The molecule has 4 fully saturated rings. The quantitative estimate of drug-likeness (QED) is 0.0586. The fourth-order valence-electron chi connectivity index (χ4n) is 11.4. The summed E-state index contributed by atoms with van der Waals surface area (Å²) in [7, 11) is -7.60. The van der Waals surface area contributed by atoms with Gasteiger partial charge in [0, 0.05) is 99.7 Å². The fourth-order valence-corrected chi connectivity index (χ4v) is 13.7. The van der Waals surface area contributed by atoms with Crippen LogP contribution in [0.5, 0.6) is 11.5 Å². The molecule has 23 nitrogen and oxygen atoms in total. The molecule has 9 rings (SSSR count). The maximum atomic E-state index is 13.9. The Morgan fingerprint density at radius 2 is 0.990 bits per heavy atom. The summed E-state index contributed by atoms with van der Waals surface area (Å²) in [5.74, 6) is -7.13. The minimum Gasteiger partial charge on any atom is -0.478 e. The molecule has 5 aliphatic rings. The lowest BCUT2D eigenvalue weighted by atomic mass is 9.89. The molecule has 97 heavy (non-hydrogen) atoms. The molecule has 0 saturated carbocycles. The van der Waals surface area contributed by atoms with Crippen molar-refractivity contribution in [2.24, 2.45) is 28.3 Å². The van der Waals surface area contributed by atoms with Crippen molar-refractivity contribution in [2.45, 2.75) is 110 Å². The standard InChI is InChI=1S/C31H34F4N4O6S.C23H34N4O5S.C8H4F4O3.C2H6O/c1-19-15-23(28(41)38-10-5-21(18-40)6-11-38)16-20(2)24(19)7-14-46(43,44)39-12-8-30(9-13-39)29(42)36-27(37-30)22-3-4-25(32)26(17-22)45-31(33,34)35;1-16-13-19(21(29)26-8-3-18(15-28)4-9-26)14-17(2)20(16)5-12-33(31,32)27-10-6-23(25,7-11-27)22(24)30;9-5-2-1-4(7(13)14)3-6(5)15-8(10,11)12;1-2-3/h3-4,7,14-17,21,40H,5-6,8-13,18H2,1-2H3,(H,36,37,42);5,12-14,18,28H,3-4,6-11,15,25H2,1-2H3,(H2,24,30);1-3H,(H,13,14);3H,2H2,1H3/b14-7+;12-5+;;. The third-order valence-electron chi connectivity index (χ3n) is 17.0. The Morgan fingerprint density at radius 1 is 0.619 bits per heavy atom. The van der Waals surface area contributed by atoms with Gasteiger partial charge in [-0.3, -0.25) is 24.2 Å². The van der Waals surface area contributed by atoms with E-state index in [-0.39, 0.29) is 107 Å². The Morgan fingerprint density at radius 3 is 1.35 bits per heavy atom. The number of rotatable bonds is 15. The predicted molar refractivity (Wildman–Crippen MR) is 340 cm³/mol. The molecular formula is C64H78F8N8O15S2. The molecule has 4 saturated heterocycles. The molecule has 0 bridgehead atoms. The van der Waals surface area contributed by atoms with Gasteiger partial charge in [0.05, 0.1) is 11.1 Å². The summed E-state index contributed by atoms with van der Waals surface area (Å²) >= 11 is 0. The van der Waals surface area contributed by atoms with Crippen LogP contribution < -0.4 is 26.3 Å². The van der Waals surface area contributed by atoms with Crippen molar-refractivity contribution < 1.29 is 106 Å². The van der Waals surface area contributed by atoms with Gasteiger partial charge in [-0.2, -0.15) is 8.61 Å². The smallest absolute Gasteiger partial charge is 0.478 e. The van der Waals surface area contributed by atoms with Crippen molar-refractivity contribution in [3.63, 3.8) is 0 Å². The maximum Gasteiger partial charge on any atom is 0.573 e. The number of carboxylic acids is 1. The first kappa shape index (κ1) is 78.1. The van der Waals surface area contributed by atoms with Gasteiger partial charge in [-0.1, -0.05) is 0 Å². The molecule has 5 heterocycles. The maximum absolute atomic E-state index is 13.9. The molecule has 4 aromatic carbocycles. The Balaban J connectivity index is 0.000000252. The van der Waals surface area contributed by atoms with Crippen molar-refractivity contribution in [3.8, 4) is 11.5 Å². The van der Waals surface area contributed by atoms with Crippen LogP contribution in [0.25, 0.3) is 12.2 Å². The number of likely N-dealkylation sites (tertiary alicyclic amines) is 2. The molecule has 532 valence electrons. The van der Waals surface area contributed by atoms with Crippen molar-refractivity contribution in [2.75, 3.05) is 72.2 Å². The largest absolute Gasteiger partial charge is 0.573 e. The summed E-state index contributed by atoms with van der Waals surface area (Å²) in [6.45, 7) is 12.0. The Kier molecular flexibility index (Phi) is 26.3. The number of ether oxygens (including phenoxy) is 2. The number of sulfonamides is 2. The van der Waals surface area contributed by atoms with E-state index < -0.39 is 90.3 Å². The number of carbonyl (C=O) groups excluding carboxylic acids is 4. The van der Waals surface area contributed by atoms with Gasteiger partial charge >= 0.3 is 18.7 Å². The highest BCUT2D eigenvalue weighted by atomic mass is 32.2. The summed E-state index contributed by atoms with van der Waals surface area (Å²) in [6.07, 6.45) is -3.67. The number of aliphatic hydroxyl groups excluding tert-OH is 3. The number of nitrogens with one attached hydrogen (secondary N) is 1. The number of nitrogens with zero attached hydrogens (tertiary/aromatic N) is 5. The molecule has 0 unspecified atom stereocenters. The van der Waals surface area contributed by atoms with Crippen molar-refractivity contribution in [1.82, 2.24) is 23.7 Å². The molecule has 4 aromatic rings. The average Bonchev–Trinajstić information content (AvgIpc) is 1.66. The van der Waals surface area contributed by atoms with E-state index >= 15 is 0 Å². The molecular weight excluding hydrogens is 1340 g/mol. The van der Waals surface area contributed by atoms with Gasteiger partial charge in [0.25, 0.3) is 17.7 Å². The number of hydrogen-bond acceptors (Lipinski definition) is 16. The van der Waals surface area contributed by atoms with E-state index in [1.165, 1.54) is 14.7 Å². The number of alkyl halides is 6.